The van der Waals surface area contributed by atoms with Crippen LogP contribution in [0.4, 0.5) is 23.7 Å². The van der Waals surface area contributed by atoms with Crippen LogP contribution in [0.3, 0.4) is 0 Å². The zero-order valence-corrected chi connectivity index (χ0v) is 29.2. The van der Waals surface area contributed by atoms with Crippen LogP contribution in [0.1, 0.15) is 87.3 Å². The first-order valence-electron chi connectivity index (χ1n) is 17.9. The number of anilines is 1. The molecule has 3 N–H and O–H groups in total. The summed E-state index contributed by atoms with van der Waals surface area (Å²) in [5.41, 5.74) is -0.405. The van der Waals surface area contributed by atoms with Gasteiger partial charge in [0.2, 0.25) is 17.6 Å². The summed E-state index contributed by atoms with van der Waals surface area (Å²) in [5, 5.41) is 17.4. The number of halogens is 3. The van der Waals surface area contributed by atoms with Gasteiger partial charge in [-0.15, -0.1) is 0 Å². The Morgan fingerprint density at radius 2 is 1.67 bits per heavy atom. The van der Waals surface area contributed by atoms with Crippen molar-refractivity contribution in [2.75, 3.05) is 38.5 Å². The molecule has 3 aliphatic rings. The number of alkyl halides is 2. The molecule has 0 radical (unpaired) electrons. The lowest BCUT2D eigenvalue weighted by Gasteiger charge is -2.37. The van der Waals surface area contributed by atoms with E-state index in [1.165, 1.54) is 24.3 Å². The summed E-state index contributed by atoms with van der Waals surface area (Å²) in [7, 11) is 1.97. The summed E-state index contributed by atoms with van der Waals surface area (Å²) >= 11 is 0. The number of amides is 4. The van der Waals surface area contributed by atoms with E-state index < -0.39 is 59.3 Å². The van der Waals surface area contributed by atoms with E-state index in [1.54, 1.807) is 24.0 Å². The van der Waals surface area contributed by atoms with Crippen molar-refractivity contribution in [2.45, 2.75) is 88.6 Å². The van der Waals surface area contributed by atoms with Crippen LogP contribution >= 0.6 is 0 Å². The number of hydrogen-bond acceptors (Lipinski definition) is 6. The third kappa shape index (κ3) is 9.27. The zero-order valence-electron chi connectivity index (χ0n) is 29.2. The molecule has 3 fully saturated rings. The highest BCUT2D eigenvalue weighted by Crippen LogP contribution is 2.38. The first kappa shape index (κ1) is 37.8. The van der Waals surface area contributed by atoms with Crippen LogP contribution in [0.2, 0.25) is 0 Å². The maximum Gasteiger partial charge on any atom is 0.330 e. The summed E-state index contributed by atoms with van der Waals surface area (Å²) in [6.45, 7) is 4.08. The van der Waals surface area contributed by atoms with Gasteiger partial charge in [0.1, 0.15) is 11.9 Å². The average Bonchev–Trinajstić information content (AvgIpc) is 3.11. The van der Waals surface area contributed by atoms with Crippen molar-refractivity contribution in [1.29, 1.82) is 5.26 Å². The number of nitrogens with one attached hydrogen (secondary N) is 3. The van der Waals surface area contributed by atoms with Crippen molar-refractivity contribution >= 4 is 29.3 Å². The van der Waals surface area contributed by atoms with E-state index in [2.05, 4.69) is 20.9 Å². The molecule has 3 atom stereocenters. The Hall–Kier alpha value is -4.44. The minimum atomic E-state index is -3.93. The van der Waals surface area contributed by atoms with Gasteiger partial charge in [-0.05, 0) is 74.9 Å². The molecule has 2 saturated carbocycles. The average molecular weight is 709 g/mol. The van der Waals surface area contributed by atoms with Gasteiger partial charge in [0.15, 0.2) is 0 Å². The summed E-state index contributed by atoms with van der Waals surface area (Å²) in [5.74, 6) is -9.28. The van der Waals surface area contributed by atoms with Gasteiger partial charge in [-0.25, -0.2) is 9.18 Å². The van der Waals surface area contributed by atoms with Crippen molar-refractivity contribution in [3.63, 3.8) is 0 Å². The molecule has 13 heteroatoms. The van der Waals surface area contributed by atoms with Crippen LogP contribution < -0.4 is 16.0 Å². The number of hydrogen-bond donors (Lipinski definition) is 3. The van der Waals surface area contributed by atoms with Gasteiger partial charge < -0.3 is 25.8 Å². The number of Topliss-reactive ketones (excluding diaryl/α,β-unsaturated/α-hetero) is 1. The number of nitrogens with zero attached hydrogens (tertiary/aromatic N) is 3. The number of carbonyl (C=O) groups excluding carboxylic acids is 4. The molecular formula is C38H47F3N6O4. The SMILES string of the molecule is C[C@@H](c1ccc(NC(=O)[C@@H](CC(=O)C(F)(F)c2cccc(C#N)c2)C2CCCCC2)c(F)c1)[C@@H](NC(=O)NC1CCC1)C(=O)N1CCN(C)CC1. The Morgan fingerprint density at radius 1 is 0.961 bits per heavy atom. The van der Waals surface area contributed by atoms with Crippen LogP contribution in [-0.4, -0.2) is 78.7 Å². The van der Waals surface area contributed by atoms with Gasteiger partial charge in [-0.1, -0.05) is 44.4 Å². The summed E-state index contributed by atoms with van der Waals surface area (Å²) in [4.78, 5) is 57.3. The number of piperazine rings is 1. The Balaban J connectivity index is 1.32. The minimum absolute atomic E-state index is 0.0162. The molecule has 0 aromatic heterocycles. The largest absolute Gasteiger partial charge is 0.338 e. The number of carbonyl (C=O) groups is 4. The van der Waals surface area contributed by atoms with Crippen LogP contribution in [-0.2, 0) is 20.3 Å². The lowest BCUT2D eigenvalue weighted by molar-refractivity contribution is -0.147. The van der Waals surface area contributed by atoms with Crippen molar-refractivity contribution in [1.82, 2.24) is 20.4 Å². The topological polar surface area (TPSA) is 135 Å². The third-order valence-corrected chi connectivity index (χ3v) is 10.8. The van der Waals surface area contributed by atoms with Crippen molar-refractivity contribution in [2.24, 2.45) is 11.8 Å². The monoisotopic (exact) mass is 708 g/mol. The Morgan fingerprint density at radius 3 is 2.29 bits per heavy atom. The molecular weight excluding hydrogens is 661 g/mol. The molecule has 1 aliphatic heterocycles. The van der Waals surface area contributed by atoms with E-state index in [4.69, 9.17) is 5.26 Å². The predicted octanol–water partition coefficient (Wildman–Crippen LogP) is 5.68. The number of benzene rings is 2. The normalized spacial score (nSPS) is 19.2. The Labute approximate surface area is 297 Å². The van der Waals surface area contributed by atoms with Crippen molar-refractivity contribution in [3.05, 3.63) is 65.0 Å². The molecule has 1 heterocycles. The fraction of sp³-hybridized carbons (Fsp3) is 0.553. The second-order valence-electron chi connectivity index (χ2n) is 14.3. The van der Waals surface area contributed by atoms with E-state index in [0.29, 0.717) is 44.6 Å². The number of urea groups is 1. The van der Waals surface area contributed by atoms with Crippen molar-refractivity contribution < 1.29 is 32.3 Å². The van der Waals surface area contributed by atoms with Crippen molar-refractivity contribution in [3.8, 4) is 6.07 Å². The summed E-state index contributed by atoms with van der Waals surface area (Å²) < 4.78 is 46.5. The standard InChI is InChI=1S/C38H47F3N6O4/c1-24(34(45-37(51)43-29-12-7-13-29)36(50)47-18-16-46(2)17-19-47)27-14-15-32(31(39)21-27)44-35(49)30(26-9-4-3-5-10-26)22-33(48)38(40,41)28-11-6-8-25(20-28)23-42/h6,8,11,14-15,20-21,24,26,29-30,34H,3-5,7,9-10,12-13,16-19,22H2,1-2H3,(H,44,49)(H2,43,45,51)/t24-,30-,34+/m0/s1. The molecule has 10 nitrogen and oxygen atoms in total. The van der Waals surface area contributed by atoms with Crippen LogP contribution in [0.5, 0.6) is 0 Å². The van der Waals surface area contributed by atoms with E-state index in [1.807, 2.05) is 7.05 Å². The maximum atomic E-state index is 15.7. The first-order chi connectivity index (χ1) is 24.4. The van der Waals surface area contributed by atoms with E-state index in [9.17, 15) is 19.2 Å². The Kier molecular flexibility index (Phi) is 12.4. The van der Waals surface area contributed by atoms with Gasteiger partial charge in [0.25, 0.3) is 0 Å². The molecule has 1 saturated heterocycles. The van der Waals surface area contributed by atoms with E-state index >= 15 is 13.2 Å². The van der Waals surface area contributed by atoms with Gasteiger partial charge in [-0.3, -0.25) is 14.4 Å². The highest BCUT2D eigenvalue weighted by molar-refractivity contribution is 5.97. The van der Waals surface area contributed by atoms with Crippen LogP contribution in [0.15, 0.2) is 42.5 Å². The van der Waals surface area contributed by atoms with Crippen LogP contribution in [0, 0.1) is 29.0 Å². The second kappa shape index (κ2) is 16.7. The number of ketones is 1. The van der Waals surface area contributed by atoms with E-state index in [-0.39, 0.29) is 29.1 Å². The molecule has 0 spiro atoms. The number of nitriles is 1. The molecule has 2 aliphatic carbocycles. The van der Waals surface area contributed by atoms with Crippen LogP contribution in [0.25, 0.3) is 0 Å². The highest BCUT2D eigenvalue weighted by Gasteiger charge is 2.44. The molecule has 51 heavy (non-hydrogen) atoms. The molecule has 4 amide bonds. The third-order valence-electron chi connectivity index (χ3n) is 10.8. The minimum Gasteiger partial charge on any atom is -0.338 e. The zero-order chi connectivity index (χ0) is 36.7. The first-order valence-corrected chi connectivity index (χ1v) is 17.9. The predicted molar refractivity (Wildman–Crippen MR) is 185 cm³/mol. The molecule has 5 rings (SSSR count). The lowest BCUT2D eigenvalue weighted by atomic mass is 9.76. The van der Waals surface area contributed by atoms with E-state index in [0.717, 1.165) is 50.7 Å². The highest BCUT2D eigenvalue weighted by atomic mass is 19.3. The van der Waals surface area contributed by atoms with Gasteiger partial charge in [-0.2, -0.15) is 14.0 Å². The number of likely N-dealkylation sites (N-methyl/N-ethyl adjacent to an activating group) is 1. The summed E-state index contributed by atoms with van der Waals surface area (Å²) in [6, 6.07) is 9.19. The fourth-order valence-corrected chi connectivity index (χ4v) is 7.16. The Bertz CT molecular complexity index is 1630. The molecule has 2 aromatic rings. The summed E-state index contributed by atoms with van der Waals surface area (Å²) in [6.07, 6.45) is 5.65. The molecule has 2 aromatic carbocycles. The lowest BCUT2D eigenvalue weighted by Crippen LogP contribution is -2.58. The molecule has 274 valence electrons. The van der Waals surface area contributed by atoms with Gasteiger partial charge in [0.05, 0.1) is 17.3 Å². The molecule has 0 unspecified atom stereocenters. The second-order valence-corrected chi connectivity index (χ2v) is 14.3. The number of rotatable bonds is 12. The quantitative estimate of drug-likeness (QED) is 0.260. The fourth-order valence-electron chi connectivity index (χ4n) is 7.16. The maximum absolute atomic E-state index is 15.7. The van der Waals surface area contributed by atoms with Gasteiger partial charge in [0, 0.05) is 56.0 Å². The van der Waals surface area contributed by atoms with Gasteiger partial charge >= 0.3 is 12.0 Å². The smallest absolute Gasteiger partial charge is 0.330 e. The molecule has 0 bridgehead atoms.